The second-order valence-electron chi connectivity index (χ2n) is 2.75. The van der Waals surface area contributed by atoms with Gasteiger partial charge < -0.3 is 9.47 Å². The Kier molecular flexibility index (Phi) is 4.06. The summed E-state index contributed by atoms with van der Waals surface area (Å²) in [4.78, 5) is 0. The Morgan fingerprint density at radius 2 is 2.00 bits per heavy atom. The molecule has 0 atom stereocenters. The standard InChI is InChI=1S/C11H14O2/c1-10(8-12-2)13-9-11-6-4-3-5-7-11/h3-7H,1,8-9H2,2H3. The molecule has 0 bridgehead atoms. The third-order valence-corrected chi connectivity index (χ3v) is 1.59. The van der Waals surface area contributed by atoms with Gasteiger partial charge in [-0.05, 0) is 5.56 Å². The Hall–Kier alpha value is -1.28. The van der Waals surface area contributed by atoms with Crippen LogP contribution in [0.25, 0.3) is 0 Å². The molecule has 0 spiro atoms. The van der Waals surface area contributed by atoms with Crippen LogP contribution in [-0.4, -0.2) is 13.7 Å². The van der Waals surface area contributed by atoms with Gasteiger partial charge in [0.1, 0.15) is 19.0 Å². The first kappa shape index (κ1) is 9.81. The highest BCUT2D eigenvalue weighted by Crippen LogP contribution is 2.04. The highest BCUT2D eigenvalue weighted by Gasteiger charge is 1.94. The fourth-order valence-electron chi connectivity index (χ4n) is 0.962. The van der Waals surface area contributed by atoms with Crippen LogP contribution in [-0.2, 0) is 16.1 Å². The van der Waals surface area contributed by atoms with Crippen LogP contribution in [0.2, 0.25) is 0 Å². The van der Waals surface area contributed by atoms with Crippen molar-refractivity contribution in [2.24, 2.45) is 0 Å². The van der Waals surface area contributed by atoms with Gasteiger partial charge >= 0.3 is 0 Å². The van der Waals surface area contributed by atoms with Gasteiger partial charge in [0, 0.05) is 7.11 Å². The lowest BCUT2D eigenvalue weighted by molar-refractivity contribution is 0.124. The van der Waals surface area contributed by atoms with Crippen LogP contribution in [0.15, 0.2) is 42.7 Å². The number of methoxy groups -OCH3 is 1. The second-order valence-corrected chi connectivity index (χ2v) is 2.75. The third kappa shape index (κ3) is 3.76. The van der Waals surface area contributed by atoms with Crippen molar-refractivity contribution in [3.8, 4) is 0 Å². The van der Waals surface area contributed by atoms with Crippen LogP contribution in [0.5, 0.6) is 0 Å². The van der Waals surface area contributed by atoms with E-state index in [9.17, 15) is 0 Å². The average Bonchev–Trinajstić information content (AvgIpc) is 2.17. The highest BCUT2D eigenvalue weighted by atomic mass is 16.5. The van der Waals surface area contributed by atoms with Crippen molar-refractivity contribution in [3.63, 3.8) is 0 Å². The quantitative estimate of drug-likeness (QED) is 0.644. The highest BCUT2D eigenvalue weighted by molar-refractivity contribution is 5.13. The van der Waals surface area contributed by atoms with Crippen molar-refractivity contribution in [2.45, 2.75) is 6.61 Å². The summed E-state index contributed by atoms with van der Waals surface area (Å²) in [6.45, 7) is 4.72. The first-order valence-electron chi connectivity index (χ1n) is 4.16. The predicted molar refractivity (Wildman–Crippen MR) is 52.2 cm³/mol. The minimum absolute atomic E-state index is 0.451. The Bertz CT molecular complexity index is 254. The molecule has 0 heterocycles. The van der Waals surface area contributed by atoms with Crippen LogP contribution in [0.1, 0.15) is 5.56 Å². The summed E-state index contributed by atoms with van der Waals surface area (Å²) in [5, 5.41) is 0. The summed E-state index contributed by atoms with van der Waals surface area (Å²) in [6.07, 6.45) is 0. The second kappa shape index (κ2) is 5.38. The lowest BCUT2D eigenvalue weighted by atomic mass is 10.2. The first-order valence-corrected chi connectivity index (χ1v) is 4.16. The van der Waals surface area contributed by atoms with E-state index in [1.165, 1.54) is 0 Å². The first-order chi connectivity index (χ1) is 6.33. The maximum atomic E-state index is 5.35. The number of hydrogen-bond donors (Lipinski definition) is 0. The summed E-state index contributed by atoms with van der Waals surface area (Å²) in [6, 6.07) is 9.98. The van der Waals surface area contributed by atoms with Gasteiger partial charge in [-0.2, -0.15) is 0 Å². The van der Waals surface area contributed by atoms with Gasteiger partial charge in [-0.1, -0.05) is 36.9 Å². The van der Waals surface area contributed by atoms with E-state index in [1.54, 1.807) is 7.11 Å². The van der Waals surface area contributed by atoms with E-state index in [0.717, 1.165) is 5.56 Å². The summed E-state index contributed by atoms with van der Waals surface area (Å²) in [5.41, 5.74) is 1.14. The van der Waals surface area contributed by atoms with Crippen molar-refractivity contribution in [1.29, 1.82) is 0 Å². The zero-order valence-electron chi connectivity index (χ0n) is 7.82. The van der Waals surface area contributed by atoms with Crippen LogP contribution in [0.3, 0.4) is 0 Å². The molecule has 0 amide bonds. The van der Waals surface area contributed by atoms with E-state index in [4.69, 9.17) is 9.47 Å². The minimum Gasteiger partial charge on any atom is -0.491 e. The monoisotopic (exact) mass is 178 g/mol. The molecule has 0 N–H and O–H groups in total. The molecule has 0 fully saturated rings. The van der Waals surface area contributed by atoms with E-state index in [1.807, 2.05) is 30.3 Å². The number of hydrogen-bond acceptors (Lipinski definition) is 2. The molecule has 0 aliphatic rings. The van der Waals surface area contributed by atoms with E-state index < -0.39 is 0 Å². The van der Waals surface area contributed by atoms with Gasteiger partial charge in [0.05, 0.1) is 0 Å². The molecule has 2 nitrogen and oxygen atoms in total. The summed E-state index contributed by atoms with van der Waals surface area (Å²) < 4.78 is 10.2. The summed E-state index contributed by atoms with van der Waals surface area (Å²) in [5.74, 6) is 0.659. The molecule has 0 aromatic heterocycles. The Labute approximate surface area is 78.8 Å². The van der Waals surface area contributed by atoms with Gasteiger partial charge in [-0.15, -0.1) is 0 Å². The van der Waals surface area contributed by atoms with Crippen molar-refractivity contribution < 1.29 is 9.47 Å². The van der Waals surface area contributed by atoms with Crippen molar-refractivity contribution in [2.75, 3.05) is 13.7 Å². The Morgan fingerprint density at radius 3 is 2.62 bits per heavy atom. The molecule has 0 aliphatic carbocycles. The predicted octanol–water partition coefficient (Wildman–Crippen LogP) is 2.36. The van der Waals surface area contributed by atoms with E-state index in [2.05, 4.69) is 6.58 Å². The van der Waals surface area contributed by atoms with E-state index in [-0.39, 0.29) is 0 Å². The lowest BCUT2D eigenvalue weighted by Crippen LogP contribution is -1.98. The number of ether oxygens (including phenoxy) is 2. The van der Waals surface area contributed by atoms with Gasteiger partial charge in [-0.3, -0.25) is 0 Å². The largest absolute Gasteiger partial charge is 0.491 e. The van der Waals surface area contributed by atoms with Gasteiger partial charge in [-0.25, -0.2) is 0 Å². The lowest BCUT2D eigenvalue weighted by Gasteiger charge is -2.07. The maximum Gasteiger partial charge on any atom is 0.115 e. The molecule has 0 saturated heterocycles. The topological polar surface area (TPSA) is 18.5 Å². The molecular formula is C11H14O2. The molecule has 2 heteroatoms. The van der Waals surface area contributed by atoms with Crippen LogP contribution >= 0.6 is 0 Å². The Balaban J connectivity index is 2.31. The van der Waals surface area contributed by atoms with Crippen molar-refractivity contribution in [3.05, 3.63) is 48.2 Å². The van der Waals surface area contributed by atoms with Crippen LogP contribution < -0.4 is 0 Å². The summed E-state index contributed by atoms with van der Waals surface area (Å²) >= 11 is 0. The molecule has 0 aliphatic heterocycles. The molecule has 1 aromatic carbocycles. The van der Waals surface area contributed by atoms with Gasteiger partial charge in [0.2, 0.25) is 0 Å². The molecule has 13 heavy (non-hydrogen) atoms. The molecule has 0 saturated carbocycles. The van der Waals surface area contributed by atoms with E-state index >= 15 is 0 Å². The number of benzene rings is 1. The Morgan fingerprint density at radius 1 is 1.31 bits per heavy atom. The smallest absolute Gasteiger partial charge is 0.115 e. The zero-order valence-corrected chi connectivity index (χ0v) is 7.82. The number of rotatable bonds is 5. The fourth-order valence-corrected chi connectivity index (χ4v) is 0.962. The zero-order chi connectivity index (χ0) is 9.52. The summed E-state index contributed by atoms with van der Waals surface area (Å²) in [7, 11) is 1.62. The average molecular weight is 178 g/mol. The van der Waals surface area contributed by atoms with Gasteiger partial charge in [0.25, 0.3) is 0 Å². The molecule has 0 unspecified atom stereocenters. The third-order valence-electron chi connectivity index (χ3n) is 1.59. The molecular weight excluding hydrogens is 164 g/mol. The fraction of sp³-hybridized carbons (Fsp3) is 0.273. The molecule has 70 valence electrons. The van der Waals surface area contributed by atoms with E-state index in [0.29, 0.717) is 19.0 Å². The molecule has 1 rings (SSSR count). The molecule has 1 aromatic rings. The maximum absolute atomic E-state index is 5.35. The normalized spacial score (nSPS) is 9.62. The van der Waals surface area contributed by atoms with Gasteiger partial charge in [0.15, 0.2) is 0 Å². The van der Waals surface area contributed by atoms with Crippen molar-refractivity contribution >= 4 is 0 Å². The minimum atomic E-state index is 0.451. The SMILES string of the molecule is C=C(COC)OCc1ccccc1. The van der Waals surface area contributed by atoms with Crippen LogP contribution in [0, 0.1) is 0 Å². The van der Waals surface area contributed by atoms with Crippen molar-refractivity contribution in [1.82, 2.24) is 0 Å². The van der Waals surface area contributed by atoms with Crippen LogP contribution in [0.4, 0.5) is 0 Å². The molecule has 0 radical (unpaired) electrons.